The fraction of sp³-hybridized carbons (Fsp3) is 0.524. The van der Waals surface area contributed by atoms with Crippen LogP contribution in [-0.4, -0.2) is 40.8 Å². The number of nitrogens with one attached hydrogen (secondary N) is 1. The summed E-state index contributed by atoms with van der Waals surface area (Å²) in [7, 11) is -5.54. The van der Waals surface area contributed by atoms with Gasteiger partial charge in [-0.25, -0.2) is 13.4 Å². The summed E-state index contributed by atoms with van der Waals surface area (Å²) in [5.74, 6) is 0.571. The largest absolute Gasteiger partial charge is 0.511 e. The monoisotopic (exact) mass is 465 g/mol. The third-order valence-electron chi connectivity index (χ3n) is 7.41. The first kappa shape index (κ1) is 21.3. The Balaban J connectivity index is 1.68. The molecule has 0 amide bonds. The summed E-state index contributed by atoms with van der Waals surface area (Å²) >= 11 is 0. The molecule has 1 aromatic heterocycles. The van der Waals surface area contributed by atoms with E-state index in [1.807, 2.05) is 4.90 Å². The van der Waals surface area contributed by atoms with Crippen molar-refractivity contribution in [3.8, 4) is 6.07 Å². The molecular weight excluding hydrogens is 443 g/mol. The smallest absolute Gasteiger partial charge is 0.361 e. The van der Waals surface area contributed by atoms with E-state index in [1.54, 1.807) is 25.3 Å². The SMILES string of the molecule is Cc1c(C#N)ccc2c1CN(S(=O)(=O)C(F)(F)F)C[C@H](C13CC(C1)C3)N2Cc1cnc[nH]1. The van der Waals surface area contributed by atoms with Gasteiger partial charge in [-0.15, -0.1) is 0 Å². The van der Waals surface area contributed by atoms with Crippen molar-refractivity contribution < 1.29 is 21.6 Å². The Hall–Kier alpha value is -2.58. The maximum absolute atomic E-state index is 13.6. The number of imidazole rings is 1. The molecule has 2 heterocycles. The minimum Gasteiger partial charge on any atom is -0.361 e. The van der Waals surface area contributed by atoms with Gasteiger partial charge in [0, 0.05) is 31.0 Å². The lowest BCUT2D eigenvalue weighted by Crippen LogP contribution is -2.66. The van der Waals surface area contributed by atoms with E-state index in [2.05, 4.69) is 16.0 Å². The lowest BCUT2D eigenvalue weighted by atomic mass is 9.41. The third-order valence-corrected chi connectivity index (χ3v) is 8.95. The fourth-order valence-electron chi connectivity index (χ4n) is 5.59. The first-order valence-electron chi connectivity index (χ1n) is 10.4. The number of sulfonamides is 1. The summed E-state index contributed by atoms with van der Waals surface area (Å²) in [6, 6.07) is 5.03. The highest BCUT2D eigenvalue weighted by molar-refractivity contribution is 7.89. The van der Waals surface area contributed by atoms with Gasteiger partial charge in [-0.1, -0.05) is 0 Å². The molecule has 1 aromatic carbocycles. The second kappa shape index (κ2) is 6.96. The zero-order chi connectivity index (χ0) is 22.9. The Morgan fingerprint density at radius 2 is 2.03 bits per heavy atom. The summed E-state index contributed by atoms with van der Waals surface area (Å²) in [5, 5.41) is 9.46. The molecule has 0 saturated heterocycles. The summed E-state index contributed by atoms with van der Waals surface area (Å²) in [4.78, 5) is 9.12. The molecule has 2 bridgehead atoms. The van der Waals surface area contributed by atoms with E-state index >= 15 is 0 Å². The zero-order valence-corrected chi connectivity index (χ0v) is 18.2. The molecular formula is C21H22F3N5O2S. The van der Waals surface area contributed by atoms with Crippen LogP contribution in [0.1, 0.15) is 41.6 Å². The molecule has 3 saturated carbocycles. The van der Waals surface area contributed by atoms with E-state index in [9.17, 15) is 26.9 Å². The van der Waals surface area contributed by atoms with Crippen molar-refractivity contribution in [2.75, 3.05) is 11.4 Å². The lowest BCUT2D eigenvalue weighted by Gasteiger charge is -2.67. The number of rotatable bonds is 4. The minimum atomic E-state index is -5.54. The normalized spacial score (nSPS) is 27.7. The van der Waals surface area contributed by atoms with E-state index in [-0.39, 0.29) is 12.0 Å². The molecule has 1 N–H and O–H groups in total. The number of alkyl halides is 3. The number of halogens is 3. The third kappa shape index (κ3) is 3.03. The molecule has 0 radical (unpaired) electrons. The van der Waals surface area contributed by atoms with Gasteiger partial charge in [-0.2, -0.15) is 22.7 Å². The highest BCUT2D eigenvalue weighted by Crippen LogP contribution is 2.67. The molecule has 3 aliphatic carbocycles. The number of hydrogen-bond acceptors (Lipinski definition) is 5. The van der Waals surface area contributed by atoms with Crippen LogP contribution in [0.3, 0.4) is 0 Å². The summed E-state index contributed by atoms with van der Waals surface area (Å²) in [6.07, 6.45) is 5.86. The molecule has 32 heavy (non-hydrogen) atoms. The Bertz CT molecular complexity index is 1190. The Labute approximate surface area is 183 Å². The van der Waals surface area contributed by atoms with E-state index in [4.69, 9.17) is 0 Å². The number of benzene rings is 1. The molecule has 3 fully saturated rings. The van der Waals surface area contributed by atoms with Gasteiger partial charge >= 0.3 is 15.5 Å². The topological polar surface area (TPSA) is 93.1 Å². The second-order valence-electron chi connectivity index (χ2n) is 9.15. The number of aromatic nitrogens is 2. The number of anilines is 1. The van der Waals surface area contributed by atoms with Crippen LogP contribution in [0.15, 0.2) is 24.7 Å². The fourth-order valence-corrected chi connectivity index (χ4v) is 6.52. The van der Waals surface area contributed by atoms with Crippen LogP contribution in [0.25, 0.3) is 0 Å². The van der Waals surface area contributed by atoms with Crippen LogP contribution in [0, 0.1) is 29.6 Å². The van der Waals surface area contributed by atoms with E-state index < -0.39 is 28.1 Å². The predicted octanol–water partition coefficient (Wildman–Crippen LogP) is 3.43. The van der Waals surface area contributed by atoms with Gasteiger partial charge in [-0.05, 0) is 60.8 Å². The minimum absolute atomic E-state index is 0.201. The average Bonchev–Trinajstić information content (AvgIpc) is 3.10. The molecule has 170 valence electrons. The van der Waals surface area contributed by atoms with Gasteiger partial charge in [0.05, 0.1) is 30.2 Å². The Kier molecular flexibility index (Phi) is 4.63. The number of H-pyrrole nitrogens is 1. The highest BCUT2D eigenvalue weighted by atomic mass is 32.2. The van der Waals surface area contributed by atoms with Crippen molar-refractivity contribution in [2.24, 2.45) is 11.3 Å². The van der Waals surface area contributed by atoms with Gasteiger partial charge in [0.1, 0.15) is 0 Å². The maximum atomic E-state index is 13.6. The summed E-state index contributed by atoms with van der Waals surface area (Å²) < 4.78 is 66.5. The van der Waals surface area contributed by atoms with Crippen LogP contribution in [-0.2, 0) is 23.1 Å². The Morgan fingerprint density at radius 1 is 1.31 bits per heavy atom. The molecule has 0 unspecified atom stereocenters. The average molecular weight is 466 g/mol. The van der Waals surface area contributed by atoms with Crippen molar-refractivity contribution in [2.45, 2.75) is 50.8 Å². The molecule has 4 aliphatic rings. The number of fused-ring (bicyclic) bond motifs is 1. The van der Waals surface area contributed by atoms with Crippen LogP contribution in [0.2, 0.25) is 0 Å². The van der Waals surface area contributed by atoms with Crippen molar-refractivity contribution in [1.82, 2.24) is 14.3 Å². The maximum Gasteiger partial charge on any atom is 0.511 e. The van der Waals surface area contributed by atoms with Crippen molar-refractivity contribution >= 4 is 15.7 Å². The van der Waals surface area contributed by atoms with Crippen LogP contribution in [0.5, 0.6) is 0 Å². The van der Waals surface area contributed by atoms with Gasteiger partial charge < -0.3 is 9.88 Å². The molecule has 6 rings (SSSR count). The predicted molar refractivity (Wildman–Crippen MR) is 110 cm³/mol. The first-order chi connectivity index (χ1) is 15.1. The Morgan fingerprint density at radius 3 is 2.56 bits per heavy atom. The molecule has 11 heteroatoms. The summed E-state index contributed by atoms with van der Waals surface area (Å²) in [6.45, 7) is 1.34. The van der Waals surface area contributed by atoms with E-state index in [0.717, 1.165) is 25.0 Å². The molecule has 2 aromatic rings. The van der Waals surface area contributed by atoms with Crippen molar-refractivity contribution in [1.29, 1.82) is 5.26 Å². The van der Waals surface area contributed by atoms with Gasteiger partial charge in [-0.3, -0.25) is 0 Å². The number of aromatic amines is 1. The standard InChI is InChI=1S/C21H22F3N5O2S/c1-13-15(7-25)2-3-18-17(13)10-28(32(30,31)21(22,23)24)11-19(20-4-14(5-20)6-20)29(18)9-16-8-26-12-27-16/h2-3,8,12,14,19H,4-6,9-11H2,1H3,(H,26,27)/t14?,19-,20?/m1/s1. The zero-order valence-electron chi connectivity index (χ0n) is 17.4. The van der Waals surface area contributed by atoms with Crippen molar-refractivity contribution in [3.63, 3.8) is 0 Å². The van der Waals surface area contributed by atoms with Crippen molar-refractivity contribution in [3.05, 3.63) is 47.0 Å². The summed E-state index contributed by atoms with van der Waals surface area (Å²) in [5.41, 5.74) is -2.89. The second-order valence-corrected chi connectivity index (χ2v) is 11.1. The van der Waals surface area contributed by atoms with Gasteiger partial charge in [0.25, 0.3) is 0 Å². The van der Waals surface area contributed by atoms with E-state index in [1.165, 1.54) is 6.33 Å². The number of hydrogen-bond donors (Lipinski definition) is 1. The molecule has 7 nitrogen and oxygen atoms in total. The first-order valence-corrected chi connectivity index (χ1v) is 11.8. The molecule has 1 aliphatic heterocycles. The van der Waals surface area contributed by atoms with Crippen LogP contribution >= 0.6 is 0 Å². The lowest BCUT2D eigenvalue weighted by molar-refractivity contribution is -0.129. The van der Waals surface area contributed by atoms with Crippen LogP contribution in [0.4, 0.5) is 18.9 Å². The number of nitrogens with zero attached hydrogens (tertiary/aromatic N) is 4. The van der Waals surface area contributed by atoms with Gasteiger partial charge in [0.15, 0.2) is 0 Å². The quantitative estimate of drug-likeness (QED) is 0.747. The van der Waals surface area contributed by atoms with E-state index in [0.29, 0.717) is 39.1 Å². The highest BCUT2D eigenvalue weighted by Gasteiger charge is 2.63. The van der Waals surface area contributed by atoms with Gasteiger partial charge in [0.2, 0.25) is 0 Å². The van der Waals surface area contributed by atoms with Crippen LogP contribution < -0.4 is 4.90 Å². The number of nitriles is 1. The molecule has 1 atom stereocenters. The molecule has 0 spiro atoms.